The van der Waals surface area contributed by atoms with E-state index >= 15 is 0 Å². The maximum absolute atomic E-state index is 11.6. The summed E-state index contributed by atoms with van der Waals surface area (Å²) >= 11 is 8.18. The van der Waals surface area contributed by atoms with Gasteiger partial charge in [0.05, 0.1) is 5.02 Å². The van der Waals surface area contributed by atoms with Crippen LogP contribution in [0.2, 0.25) is 5.02 Å². The van der Waals surface area contributed by atoms with E-state index < -0.39 is 5.76 Å². The number of H-pyrrole nitrogens is 1. The predicted molar refractivity (Wildman–Crippen MR) is 139 cm³/mol. The summed E-state index contributed by atoms with van der Waals surface area (Å²) in [7, 11) is 0. The Morgan fingerprint density at radius 3 is 2.64 bits per heavy atom. The van der Waals surface area contributed by atoms with Crippen molar-refractivity contribution in [1.29, 1.82) is 0 Å². The van der Waals surface area contributed by atoms with Gasteiger partial charge in [-0.15, -0.1) is 5.10 Å². The van der Waals surface area contributed by atoms with Crippen LogP contribution in [-0.4, -0.2) is 40.0 Å². The molecule has 0 aromatic carbocycles. The van der Waals surface area contributed by atoms with E-state index in [1.165, 1.54) is 51.4 Å². The Morgan fingerprint density at radius 1 is 1.11 bits per heavy atom. The van der Waals surface area contributed by atoms with Gasteiger partial charge in [0, 0.05) is 29.8 Å². The van der Waals surface area contributed by atoms with E-state index in [4.69, 9.17) is 31.0 Å². The third-order valence-corrected chi connectivity index (χ3v) is 8.86. The molecule has 4 aromatic rings. The molecule has 2 aliphatic carbocycles. The van der Waals surface area contributed by atoms with Gasteiger partial charge in [0.25, 0.3) is 5.89 Å². The molecule has 36 heavy (non-hydrogen) atoms. The standard InChI is InChI=1S/C25H28ClN7O2S/c1-14-6-8-15(9-7-14)13-33-20-19(16-10-17(26)12-27-11-16)28-22(23-31-32-25(34)35-23)29-21(20)30-24(33)36-18-4-2-3-5-18/h10-12,14-15,18H,2-9,13H2,1H3,(H,32,34)/t14-,15-. The molecule has 0 aliphatic heterocycles. The van der Waals surface area contributed by atoms with E-state index in [0.29, 0.717) is 27.5 Å². The summed E-state index contributed by atoms with van der Waals surface area (Å²) in [5, 5.41) is 8.28. The first-order valence-corrected chi connectivity index (χ1v) is 13.9. The highest BCUT2D eigenvalue weighted by atomic mass is 35.5. The number of hydrogen-bond donors (Lipinski definition) is 1. The molecule has 0 spiro atoms. The summed E-state index contributed by atoms with van der Waals surface area (Å²) in [5.41, 5.74) is 2.83. The minimum atomic E-state index is -0.658. The number of pyridine rings is 1. The minimum Gasteiger partial charge on any atom is -0.384 e. The molecule has 2 saturated carbocycles. The van der Waals surface area contributed by atoms with Crippen molar-refractivity contribution in [3.8, 4) is 23.0 Å². The summed E-state index contributed by atoms with van der Waals surface area (Å²) in [5.74, 6) is 0.934. The molecule has 2 fully saturated rings. The van der Waals surface area contributed by atoms with Crippen molar-refractivity contribution in [3.05, 3.63) is 34.0 Å². The van der Waals surface area contributed by atoms with Gasteiger partial charge in [0.15, 0.2) is 10.8 Å². The molecule has 0 saturated heterocycles. The van der Waals surface area contributed by atoms with Crippen molar-refractivity contribution in [2.24, 2.45) is 11.8 Å². The van der Waals surface area contributed by atoms with Gasteiger partial charge < -0.3 is 8.98 Å². The highest BCUT2D eigenvalue weighted by molar-refractivity contribution is 7.99. The number of rotatable bonds is 6. The van der Waals surface area contributed by atoms with Crippen molar-refractivity contribution < 1.29 is 4.42 Å². The zero-order valence-electron chi connectivity index (χ0n) is 20.1. The maximum atomic E-state index is 11.6. The van der Waals surface area contributed by atoms with Crippen LogP contribution < -0.4 is 5.76 Å². The molecule has 6 rings (SSSR count). The van der Waals surface area contributed by atoms with E-state index in [2.05, 4.69) is 26.7 Å². The molecular formula is C25H28ClN7O2S. The van der Waals surface area contributed by atoms with Crippen LogP contribution in [0.4, 0.5) is 0 Å². The fourth-order valence-corrected chi connectivity index (χ4v) is 6.84. The molecular weight excluding hydrogens is 498 g/mol. The van der Waals surface area contributed by atoms with E-state index in [-0.39, 0.29) is 11.7 Å². The lowest BCUT2D eigenvalue weighted by Crippen LogP contribution is -2.18. The highest BCUT2D eigenvalue weighted by Crippen LogP contribution is 2.39. The van der Waals surface area contributed by atoms with Crippen LogP contribution in [0.1, 0.15) is 58.3 Å². The second kappa shape index (κ2) is 9.97. The smallest absolute Gasteiger partial charge is 0.384 e. The molecule has 2 aliphatic rings. The van der Waals surface area contributed by atoms with Crippen molar-refractivity contribution in [3.63, 3.8) is 0 Å². The zero-order valence-corrected chi connectivity index (χ0v) is 21.7. The number of imidazole rings is 1. The average molecular weight is 526 g/mol. The SMILES string of the molecule is C[C@H]1CC[C@H](Cn2c(SC3CCCC3)nc3nc(-c4n[nH]c(=O)o4)nc(-c4cncc(Cl)c4)c32)CC1. The molecule has 4 aromatic heterocycles. The van der Waals surface area contributed by atoms with E-state index in [9.17, 15) is 4.79 Å². The molecule has 4 heterocycles. The number of aromatic nitrogens is 7. The molecule has 0 bridgehead atoms. The first-order valence-electron chi connectivity index (χ1n) is 12.6. The van der Waals surface area contributed by atoms with Crippen LogP contribution in [-0.2, 0) is 6.54 Å². The van der Waals surface area contributed by atoms with Crippen molar-refractivity contribution in [2.75, 3.05) is 0 Å². The Balaban J connectivity index is 1.53. The van der Waals surface area contributed by atoms with Gasteiger partial charge in [-0.1, -0.05) is 56.0 Å². The number of fused-ring (bicyclic) bond motifs is 1. The lowest BCUT2D eigenvalue weighted by Gasteiger charge is -2.27. The number of thioether (sulfide) groups is 1. The van der Waals surface area contributed by atoms with Crippen LogP contribution in [0.25, 0.3) is 34.1 Å². The van der Waals surface area contributed by atoms with Gasteiger partial charge in [0.2, 0.25) is 5.82 Å². The quantitative estimate of drug-likeness (QED) is 0.338. The Morgan fingerprint density at radius 2 is 1.92 bits per heavy atom. The summed E-state index contributed by atoms with van der Waals surface area (Å²) in [6.45, 7) is 3.22. The normalized spacial score (nSPS) is 20.9. The zero-order chi connectivity index (χ0) is 24.6. The van der Waals surface area contributed by atoms with Gasteiger partial charge in [0.1, 0.15) is 11.2 Å². The second-order valence-electron chi connectivity index (χ2n) is 10.0. The summed E-state index contributed by atoms with van der Waals surface area (Å²) in [4.78, 5) is 30.5. The van der Waals surface area contributed by atoms with Gasteiger partial charge in [-0.25, -0.2) is 24.8 Å². The van der Waals surface area contributed by atoms with Gasteiger partial charge >= 0.3 is 5.76 Å². The molecule has 0 amide bonds. The maximum Gasteiger partial charge on any atom is 0.434 e. The number of halogens is 1. The van der Waals surface area contributed by atoms with Gasteiger partial charge in [-0.3, -0.25) is 4.98 Å². The van der Waals surface area contributed by atoms with Gasteiger partial charge in [-0.2, -0.15) is 0 Å². The summed E-state index contributed by atoms with van der Waals surface area (Å²) in [6.07, 6.45) is 13.2. The minimum absolute atomic E-state index is 0.0268. The Hall–Kier alpha value is -2.72. The largest absolute Gasteiger partial charge is 0.434 e. The van der Waals surface area contributed by atoms with Crippen LogP contribution in [0.3, 0.4) is 0 Å². The summed E-state index contributed by atoms with van der Waals surface area (Å²) < 4.78 is 7.50. The molecule has 0 radical (unpaired) electrons. The molecule has 0 atom stereocenters. The van der Waals surface area contributed by atoms with E-state index in [0.717, 1.165) is 28.7 Å². The molecule has 188 valence electrons. The van der Waals surface area contributed by atoms with Crippen LogP contribution in [0.5, 0.6) is 0 Å². The lowest BCUT2D eigenvalue weighted by molar-refractivity contribution is 0.262. The summed E-state index contributed by atoms with van der Waals surface area (Å²) in [6, 6.07) is 1.84. The number of aromatic amines is 1. The predicted octanol–water partition coefficient (Wildman–Crippen LogP) is 5.75. The van der Waals surface area contributed by atoms with E-state index in [1.807, 2.05) is 17.8 Å². The fourth-order valence-electron chi connectivity index (χ4n) is 5.36. The molecule has 9 nitrogen and oxygen atoms in total. The van der Waals surface area contributed by atoms with Crippen LogP contribution >= 0.6 is 23.4 Å². The van der Waals surface area contributed by atoms with Crippen molar-refractivity contribution in [1.82, 2.24) is 34.7 Å². The first kappa shape index (κ1) is 23.7. The van der Waals surface area contributed by atoms with Crippen LogP contribution in [0.15, 0.2) is 32.8 Å². The Kier molecular flexibility index (Phi) is 6.55. The lowest BCUT2D eigenvalue weighted by atomic mass is 9.83. The van der Waals surface area contributed by atoms with Crippen LogP contribution in [0, 0.1) is 11.8 Å². The Labute approximate surface area is 217 Å². The Bertz CT molecular complexity index is 1430. The first-order chi connectivity index (χ1) is 17.5. The van der Waals surface area contributed by atoms with E-state index in [1.54, 1.807) is 12.4 Å². The monoisotopic (exact) mass is 525 g/mol. The fraction of sp³-hybridized carbons (Fsp3) is 0.520. The van der Waals surface area contributed by atoms with Gasteiger partial charge in [-0.05, 0) is 43.6 Å². The highest BCUT2D eigenvalue weighted by Gasteiger charge is 2.27. The van der Waals surface area contributed by atoms with Crippen molar-refractivity contribution in [2.45, 2.75) is 75.2 Å². The second-order valence-corrected chi connectivity index (χ2v) is 11.7. The topological polar surface area (TPSA) is 115 Å². The molecule has 0 unspecified atom stereocenters. The van der Waals surface area contributed by atoms with Crippen molar-refractivity contribution >= 4 is 34.5 Å². The third kappa shape index (κ3) is 4.80. The molecule has 11 heteroatoms. The number of hydrogen-bond acceptors (Lipinski definition) is 8. The third-order valence-electron chi connectivity index (χ3n) is 7.33. The number of nitrogens with one attached hydrogen (secondary N) is 1. The number of nitrogens with zero attached hydrogens (tertiary/aromatic N) is 6. The molecule has 1 N–H and O–H groups in total. The average Bonchev–Trinajstić information content (AvgIpc) is 3.61.